The molecule has 0 aliphatic heterocycles. The number of hydrogen-bond acceptors (Lipinski definition) is 2. The molecule has 0 saturated carbocycles. The van der Waals surface area contributed by atoms with Crippen molar-refractivity contribution in [3.8, 4) is 11.5 Å². The Balaban J connectivity index is 3.06. The molecule has 2 nitrogen and oxygen atoms in total. The number of benzene rings is 1. The van der Waals surface area contributed by atoms with E-state index in [-0.39, 0.29) is 5.75 Å². The number of methoxy groups -OCH3 is 1. The molecule has 0 atom stereocenters. The van der Waals surface area contributed by atoms with E-state index in [0.717, 1.165) is 11.1 Å². The predicted molar refractivity (Wildman–Crippen MR) is 57.5 cm³/mol. The average molecular weight is 243 g/mol. The zero-order valence-electron chi connectivity index (χ0n) is 7.38. The van der Waals surface area contributed by atoms with Crippen LogP contribution in [0, 0.1) is 0 Å². The highest BCUT2D eigenvalue weighted by atomic mass is 79.9. The maximum Gasteiger partial charge on any atom is 0.161 e. The Morgan fingerprint density at radius 3 is 2.85 bits per heavy atom. The normalized spacial score (nSPS) is 9.69. The maximum absolute atomic E-state index is 9.32. The Labute approximate surface area is 86.0 Å². The first-order chi connectivity index (χ1) is 6.19. The zero-order chi connectivity index (χ0) is 9.84. The minimum atomic E-state index is 0.147. The highest BCUT2D eigenvalue weighted by Gasteiger charge is 2.03. The third kappa shape index (κ3) is 2.25. The van der Waals surface area contributed by atoms with E-state index >= 15 is 0 Å². The van der Waals surface area contributed by atoms with Gasteiger partial charge in [0.1, 0.15) is 0 Å². The molecule has 0 radical (unpaired) electrons. The SMILES string of the molecule is C=C(CBr)c1ccc(O)c(OC)c1. The first-order valence-corrected chi connectivity index (χ1v) is 4.92. The summed E-state index contributed by atoms with van der Waals surface area (Å²) in [5, 5.41) is 10.0. The summed E-state index contributed by atoms with van der Waals surface area (Å²) < 4.78 is 4.97. The number of aromatic hydroxyl groups is 1. The molecular formula is C10H11BrO2. The molecule has 0 saturated heterocycles. The molecule has 0 fully saturated rings. The van der Waals surface area contributed by atoms with Gasteiger partial charge in [0.15, 0.2) is 11.5 Å². The summed E-state index contributed by atoms with van der Waals surface area (Å²) in [6.07, 6.45) is 0. The quantitative estimate of drug-likeness (QED) is 0.827. The molecule has 0 bridgehead atoms. The number of hydrogen-bond donors (Lipinski definition) is 1. The van der Waals surface area contributed by atoms with Crippen LogP contribution in [0.1, 0.15) is 5.56 Å². The number of ether oxygens (including phenoxy) is 1. The molecule has 1 N–H and O–H groups in total. The fourth-order valence-electron chi connectivity index (χ4n) is 0.975. The molecule has 0 amide bonds. The minimum absolute atomic E-state index is 0.147. The van der Waals surface area contributed by atoms with E-state index < -0.39 is 0 Å². The standard InChI is InChI=1S/C10H11BrO2/c1-7(6-11)8-3-4-9(12)10(5-8)13-2/h3-5,12H,1,6H2,2H3. The second kappa shape index (κ2) is 4.33. The largest absolute Gasteiger partial charge is 0.504 e. The minimum Gasteiger partial charge on any atom is -0.504 e. The van der Waals surface area contributed by atoms with E-state index in [4.69, 9.17) is 4.74 Å². The third-order valence-corrected chi connectivity index (χ3v) is 2.43. The lowest BCUT2D eigenvalue weighted by Gasteiger charge is -2.06. The van der Waals surface area contributed by atoms with Crippen molar-refractivity contribution in [1.29, 1.82) is 0 Å². The van der Waals surface area contributed by atoms with Crippen LogP contribution in [0.15, 0.2) is 24.8 Å². The topological polar surface area (TPSA) is 29.5 Å². The van der Waals surface area contributed by atoms with Gasteiger partial charge in [0.2, 0.25) is 0 Å². The van der Waals surface area contributed by atoms with Gasteiger partial charge in [0.05, 0.1) is 7.11 Å². The summed E-state index contributed by atoms with van der Waals surface area (Å²) in [4.78, 5) is 0. The smallest absolute Gasteiger partial charge is 0.161 e. The van der Waals surface area contributed by atoms with Gasteiger partial charge in [-0.05, 0) is 23.3 Å². The fraction of sp³-hybridized carbons (Fsp3) is 0.200. The van der Waals surface area contributed by atoms with Crippen molar-refractivity contribution in [2.45, 2.75) is 0 Å². The van der Waals surface area contributed by atoms with Crippen molar-refractivity contribution in [2.24, 2.45) is 0 Å². The van der Waals surface area contributed by atoms with Crippen LogP contribution >= 0.6 is 15.9 Å². The van der Waals surface area contributed by atoms with E-state index in [1.165, 1.54) is 7.11 Å². The Morgan fingerprint density at radius 2 is 2.31 bits per heavy atom. The van der Waals surface area contributed by atoms with E-state index in [1.807, 2.05) is 0 Å². The van der Waals surface area contributed by atoms with Crippen LogP contribution in [0.4, 0.5) is 0 Å². The summed E-state index contributed by atoms with van der Waals surface area (Å²) >= 11 is 3.31. The molecule has 0 aromatic heterocycles. The van der Waals surface area contributed by atoms with E-state index in [0.29, 0.717) is 11.1 Å². The first-order valence-electron chi connectivity index (χ1n) is 3.80. The van der Waals surface area contributed by atoms with Gasteiger partial charge < -0.3 is 9.84 Å². The number of alkyl halides is 1. The lowest BCUT2D eigenvalue weighted by molar-refractivity contribution is 0.373. The molecule has 70 valence electrons. The fourth-order valence-corrected chi connectivity index (χ4v) is 1.30. The first kappa shape index (κ1) is 10.1. The van der Waals surface area contributed by atoms with Crippen LogP contribution in [0.5, 0.6) is 11.5 Å². The van der Waals surface area contributed by atoms with Gasteiger partial charge in [-0.25, -0.2) is 0 Å². The maximum atomic E-state index is 9.32. The van der Waals surface area contributed by atoms with Crippen molar-refractivity contribution in [3.05, 3.63) is 30.3 Å². The number of phenols is 1. The molecule has 0 unspecified atom stereocenters. The molecule has 0 spiro atoms. The third-order valence-electron chi connectivity index (χ3n) is 1.75. The van der Waals surface area contributed by atoms with Crippen molar-refractivity contribution in [1.82, 2.24) is 0 Å². The van der Waals surface area contributed by atoms with Crippen LogP contribution in [-0.4, -0.2) is 17.5 Å². The van der Waals surface area contributed by atoms with Crippen LogP contribution in [-0.2, 0) is 0 Å². The van der Waals surface area contributed by atoms with Gasteiger partial charge in [0, 0.05) is 5.33 Å². The Hall–Kier alpha value is -0.960. The lowest BCUT2D eigenvalue weighted by Crippen LogP contribution is -1.87. The van der Waals surface area contributed by atoms with Gasteiger partial charge in [-0.3, -0.25) is 0 Å². The molecule has 13 heavy (non-hydrogen) atoms. The summed E-state index contributed by atoms with van der Waals surface area (Å²) in [6, 6.07) is 5.17. The molecular weight excluding hydrogens is 232 g/mol. The highest BCUT2D eigenvalue weighted by molar-refractivity contribution is 9.09. The highest BCUT2D eigenvalue weighted by Crippen LogP contribution is 2.29. The molecule has 1 rings (SSSR count). The van der Waals surface area contributed by atoms with Crippen LogP contribution in [0.3, 0.4) is 0 Å². The van der Waals surface area contributed by atoms with E-state index in [1.54, 1.807) is 18.2 Å². The monoisotopic (exact) mass is 242 g/mol. The molecule has 0 heterocycles. The molecule has 1 aromatic carbocycles. The second-order valence-electron chi connectivity index (χ2n) is 2.62. The van der Waals surface area contributed by atoms with Crippen molar-refractivity contribution in [3.63, 3.8) is 0 Å². The number of allylic oxidation sites excluding steroid dienone is 1. The van der Waals surface area contributed by atoms with Crippen molar-refractivity contribution < 1.29 is 9.84 Å². The lowest BCUT2D eigenvalue weighted by atomic mass is 10.1. The number of halogens is 1. The van der Waals surface area contributed by atoms with Crippen LogP contribution < -0.4 is 4.74 Å². The van der Waals surface area contributed by atoms with Crippen molar-refractivity contribution in [2.75, 3.05) is 12.4 Å². The van der Waals surface area contributed by atoms with Gasteiger partial charge in [0.25, 0.3) is 0 Å². The summed E-state index contributed by atoms with van der Waals surface area (Å²) in [5.74, 6) is 0.619. The summed E-state index contributed by atoms with van der Waals surface area (Å²) in [6.45, 7) is 3.86. The van der Waals surface area contributed by atoms with Gasteiger partial charge in [-0.15, -0.1) is 0 Å². The molecule has 1 aromatic rings. The summed E-state index contributed by atoms with van der Waals surface area (Å²) in [7, 11) is 1.52. The van der Waals surface area contributed by atoms with Crippen LogP contribution in [0.25, 0.3) is 5.57 Å². The van der Waals surface area contributed by atoms with Gasteiger partial charge in [-0.1, -0.05) is 28.6 Å². The Morgan fingerprint density at radius 1 is 1.62 bits per heavy atom. The Kier molecular flexibility index (Phi) is 3.37. The second-order valence-corrected chi connectivity index (χ2v) is 3.18. The van der Waals surface area contributed by atoms with Gasteiger partial charge >= 0.3 is 0 Å². The number of phenolic OH excluding ortho intramolecular Hbond substituents is 1. The number of rotatable bonds is 3. The van der Waals surface area contributed by atoms with Crippen LogP contribution in [0.2, 0.25) is 0 Å². The summed E-state index contributed by atoms with van der Waals surface area (Å²) in [5.41, 5.74) is 1.92. The average Bonchev–Trinajstić information content (AvgIpc) is 2.17. The van der Waals surface area contributed by atoms with Crippen molar-refractivity contribution >= 4 is 21.5 Å². The predicted octanol–water partition coefficient (Wildman–Crippen LogP) is 2.81. The Bertz CT molecular complexity index is 321. The van der Waals surface area contributed by atoms with E-state index in [9.17, 15) is 5.11 Å². The molecule has 3 heteroatoms. The zero-order valence-corrected chi connectivity index (χ0v) is 8.97. The van der Waals surface area contributed by atoms with Gasteiger partial charge in [-0.2, -0.15) is 0 Å². The van der Waals surface area contributed by atoms with E-state index in [2.05, 4.69) is 22.5 Å². The molecule has 0 aliphatic carbocycles. The molecule has 0 aliphatic rings.